The Morgan fingerprint density at radius 2 is 2.07 bits per heavy atom. The lowest BCUT2D eigenvalue weighted by atomic mass is 10.0. The Bertz CT molecular complexity index is 307. The highest BCUT2D eigenvalue weighted by atomic mass is 35.5. The second-order valence-electron chi connectivity index (χ2n) is 3.18. The first kappa shape index (κ1) is 14.5. The van der Waals surface area contributed by atoms with Gasteiger partial charge in [0, 0.05) is 12.6 Å². The van der Waals surface area contributed by atoms with Crippen LogP contribution in [0.5, 0.6) is 5.75 Å². The predicted molar refractivity (Wildman–Crippen MR) is 63.6 cm³/mol. The Balaban J connectivity index is 0.00000196. The van der Waals surface area contributed by atoms with Crippen LogP contribution < -0.4 is 5.73 Å². The van der Waals surface area contributed by atoms with Crippen LogP contribution in [0.25, 0.3) is 0 Å². The van der Waals surface area contributed by atoms with Gasteiger partial charge in [-0.2, -0.15) is 0 Å². The zero-order valence-electron chi connectivity index (χ0n) is 8.19. The van der Waals surface area contributed by atoms with Crippen LogP contribution in [0.15, 0.2) is 18.2 Å². The monoisotopic (exact) mass is 251 g/mol. The van der Waals surface area contributed by atoms with E-state index in [2.05, 4.69) is 0 Å². The van der Waals surface area contributed by atoms with E-state index < -0.39 is 0 Å². The molecule has 0 saturated heterocycles. The second kappa shape index (κ2) is 6.90. The standard InChI is InChI=1S/C10H14ClNO2.ClH/c11-8-6-7(3-4-10(8)14)9(12)2-1-5-13;/h3-4,6,9,13-14H,1-2,5,12H2;1H/t9-;/m0./s1. The normalized spacial score (nSPS) is 11.9. The van der Waals surface area contributed by atoms with Gasteiger partial charge in [-0.1, -0.05) is 17.7 Å². The Hall–Kier alpha value is -0.480. The van der Waals surface area contributed by atoms with Gasteiger partial charge in [0.15, 0.2) is 0 Å². The van der Waals surface area contributed by atoms with Gasteiger partial charge in [0.2, 0.25) is 0 Å². The van der Waals surface area contributed by atoms with Gasteiger partial charge in [-0.05, 0) is 30.5 Å². The van der Waals surface area contributed by atoms with Crippen molar-refractivity contribution in [1.82, 2.24) is 0 Å². The molecule has 3 nitrogen and oxygen atoms in total. The molecule has 0 bridgehead atoms. The third-order valence-corrected chi connectivity index (χ3v) is 2.38. The van der Waals surface area contributed by atoms with E-state index in [0.717, 1.165) is 5.56 Å². The number of phenols is 1. The van der Waals surface area contributed by atoms with Crippen molar-refractivity contribution < 1.29 is 10.2 Å². The number of phenolic OH excluding ortho intramolecular Hbond substituents is 1. The molecule has 15 heavy (non-hydrogen) atoms. The van der Waals surface area contributed by atoms with Crippen LogP contribution in [-0.4, -0.2) is 16.8 Å². The number of aliphatic hydroxyl groups is 1. The summed E-state index contributed by atoms with van der Waals surface area (Å²) in [5, 5.41) is 18.1. The number of hydrogen-bond acceptors (Lipinski definition) is 3. The summed E-state index contributed by atoms with van der Waals surface area (Å²) in [6, 6.07) is 4.78. The average molecular weight is 252 g/mol. The van der Waals surface area contributed by atoms with Crippen molar-refractivity contribution in [3.8, 4) is 5.75 Å². The van der Waals surface area contributed by atoms with Crippen LogP contribution in [0.2, 0.25) is 5.02 Å². The second-order valence-corrected chi connectivity index (χ2v) is 3.59. The summed E-state index contributed by atoms with van der Waals surface area (Å²) < 4.78 is 0. The quantitative estimate of drug-likeness (QED) is 0.769. The largest absolute Gasteiger partial charge is 0.506 e. The molecule has 0 heterocycles. The lowest BCUT2D eigenvalue weighted by molar-refractivity contribution is 0.280. The SMILES string of the molecule is Cl.N[C@@H](CCCO)c1ccc(O)c(Cl)c1. The molecular weight excluding hydrogens is 237 g/mol. The van der Waals surface area contributed by atoms with Crippen molar-refractivity contribution in [2.45, 2.75) is 18.9 Å². The zero-order valence-corrected chi connectivity index (χ0v) is 9.76. The molecule has 0 aliphatic rings. The van der Waals surface area contributed by atoms with Gasteiger partial charge in [0.25, 0.3) is 0 Å². The molecule has 4 N–H and O–H groups in total. The van der Waals surface area contributed by atoms with Gasteiger partial charge in [-0.15, -0.1) is 12.4 Å². The minimum absolute atomic E-state index is 0. The van der Waals surface area contributed by atoms with Gasteiger partial charge in [0.1, 0.15) is 5.75 Å². The smallest absolute Gasteiger partial charge is 0.134 e. The van der Waals surface area contributed by atoms with Crippen LogP contribution in [0.3, 0.4) is 0 Å². The first-order valence-electron chi connectivity index (χ1n) is 4.50. The molecule has 0 aliphatic heterocycles. The highest BCUT2D eigenvalue weighted by Crippen LogP contribution is 2.27. The van der Waals surface area contributed by atoms with Crippen LogP contribution in [0, 0.1) is 0 Å². The van der Waals surface area contributed by atoms with Crippen LogP contribution >= 0.6 is 24.0 Å². The Morgan fingerprint density at radius 3 is 2.60 bits per heavy atom. The molecule has 1 aromatic rings. The van der Waals surface area contributed by atoms with E-state index >= 15 is 0 Å². The minimum Gasteiger partial charge on any atom is -0.506 e. The van der Waals surface area contributed by atoms with Crippen molar-refractivity contribution in [3.05, 3.63) is 28.8 Å². The Morgan fingerprint density at radius 1 is 1.40 bits per heavy atom. The summed E-state index contributed by atoms with van der Waals surface area (Å²) in [5.74, 6) is 0.0600. The lowest BCUT2D eigenvalue weighted by Crippen LogP contribution is -2.10. The summed E-state index contributed by atoms with van der Waals surface area (Å²) in [4.78, 5) is 0. The van der Waals surface area contributed by atoms with Gasteiger partial charge < -0.3 is 15.9 Å². The van der Waals surface area contributed by atoms with Crippen molar-refractivity contribution in [3.63, 3.8) is 0 Å². The van der Waals surface area contributed by atoms with E-state index in [4.69, 9.17) is 22.4 Å². The first-order chi connectivity index (χ1) is 6.65. The molecule has 0 spiro atoms. The topological polar surface area (TPSA) is 66.5 Å². The minimum atomic E-state index is -0.139. The predicted octanol–water partition coefficient (Wildman–Crippen LogP) is 2.24. The van der Waals surface area contributed by atoms with Crippen LogP contribution in [-0.2, 0) is 0 Å². The fraction of sp³-hybridized carbons (Fsp3) is 0.400. The van der Waals surface area contributed by atoms with Gasteiger partial charge in [-0.3, -0.25) is 0 Å². The molecule has 86 valence electrons. The molecule has 1 atom stereocenters. The molecule has 0 aromatic heterocycles. The van der Waals surface area contributed by atoms with E-state index in [0.29, 0.717) is 17.9 Å². The average Bonchev–Trinajstić information content (AvgIpc) is 2.18. The Kier molecular flexibility index (Phi) is 6.68. The van der Waals surface area contributed by atoms with E-state index in [1.54, 1.807) is 12.1 Å². The molecule has 0 saturated carbocycles. The maximum atomic E-state index is 9.19. The van der Waals surface area contributed by atoms with E-state index in [-0.39, 0.29) is 30.8 Å². The Labute approximate surface area is 100 Å². The maximum absolute atomic E-state index is 9.19. The number of halogens is 2. The van der Waals surface area contributed by atoms with Gasteiger partial charge in [0.05, 0.1) is 5.02 Å². The highest BCUT2D eigenvalue weighted by Gasteiger charge is 2.07. The fourth-order valence-corrected chi connectivity index (χ4v) is 1.42. The maximum Gasteiger partial charge on any atom is 0.134 e. The van der Waals surface area contributed by atoms with Crippen LogP contribution in [0.4, 0.5) is 0 Å². The van der Waals surface area contributed by atoms with E-state index in [1.165, 1.54) is 6.07 Å². The van der Waals surface area contributed by atoms with E-state index in [1.807, 2.05) is 0 Å². The number of aromatic hydroxyl groups is 1. The molecule has 0 unspecified atom stereocenters. The van der Waals surface area contributed by atoms with Gasteiger partial charge >= 0.3 is 0 Å². The summed E-state index contributed by atoms with van der Waals surface area (Å²) >= 11 is 5.74. The third kappa shape index (κ3) is 4.26. The lowest BCUT2D eigenvalue weighted by Gasteiger charge is -2.11. The highest BCUT2D eigenvalue weighted by molar-refractivity contribution is 6.32. The number of rotatable bonds is 4. The third-order valence-electron chi connectivity index (χ3n) is 2.07. The van der Waals surface area contributed by atoms with Crippen molar-refractivity contribution >= 4 is 24.0 Å². The molecule has 1 aromatic carbocycles. The number of aliphatic hydroxyl groups excluding tert-OH is 1. The fourth-order valence-electron chi connectivity index (χ4n) is 1.23. The van der Waals surface area contributed by atoms with Gasteiger partial charge in [-0.25, -0.2) is 0 Å². The molecule has 0 radical (unpaired) electrons. The first-order valence-corrected chi connectivity index (χ1v) is 4.88. The van der Waals surface area contributed by atoms with Crippen LogP contribution in [0.1, 0.15) is 24.4 Å². The molecular formula is C10H15Cl2NO2. The molecule has 0 aliphatic carbocycles. The molecule has 0 amide bonds. The summed E-state index contributed by atoms with van der Waals surface area (Å²) in [6.07, 6.45) is 1.37. The van der Waals surface area contributed by atoms with Crippen molar-refractivity contribution in [1.29, 1.82) is 0 Å². The molecule has 1 rings (SSSR count). The number of nitrogens with two attached hydrogens (primary N) is 1. The summed E-state index contributed by atoms with van der Waals surface area (Å²) in [7, 11) is 0. The molecule has 0 fully saturated rings. The summed E-state index contributed by atoms with van der Waals surface area (Å²) in [6.45, 7) is 0.138. The zero-order chi connectivity index (χ0) is 10.6. The van der Waals surface area contributed by atoms with Crippen molar-refractivity contribution in [2.75, 3.05) is 6.61 Å². The van der Waals surface area contributed by atoms with Crippen molar-refractivity contribution in [2.24, 2.45) is 5.73 Å². The number of hydrogen-bond donors (Lipinski definition) is 3. The number of benzene rings is 1. The molecule has 5 heteroatoms. The summed E-state index contributed by atoms with van der Waals surface area (Å²) in [5.41, 5.74) is 6.72. The van der Waals surface area contributed by atoms with E-state index in [9.17, 15) is 5.11 Å².